The Labute approximate surface area is 118 Å². The summed E-state index contributed by atoms with van der Waals surface area (Å²) < 4.78 is 1.22. The Morgan fingerprint density at radius 2 is 1.94 bits per heavy atom. The smallest absolute Gasteiger partial charge is 0.0352 e. The van der Waals surface area contributed by atoms with Crippen molar-refractivity contribution < 1.29 is 0 Å². The SMILES string of the molecule is CN1CCN(C2CCCc3cc(Br)ccc32)CC1. The molecule has 0 aromatic heterocycles. The number of hydrogen-bond acceptors (Lipinski definition) is 2. The molecule has 1 atom stereocenters. The van der Waals surface area contributed by atoms with Gasteiger partial charge in [-0.25, -0.2) is 0 Å². The highest BCUT2D eigenvalue weighted by Gasteiger charge is 2.27. The minimum atomic E-state index is 0.663. The molecule has 0 saturated carbocycles. The number of halogens is 1. The topological polar surface area (TPSA) is 6.48 Å². The van der Waals surface area contributed by atoms with Crippen LogP contribution >= 0.6 is 15.9 Å². The van der Waals surface area contributed by atoms with Crippen LogP contribution in [0.4, 0.5) is 0 Å². The lowest BCUT2D eigenvalue weighted by atomic mass is 9.86. The van der Waals surface area contributed by atoms with E-state index in [-0.39, 0.29) is 0 Å². The van der Waals surface area contributed by atoms with E-state index in [0.29, 0.717) is 6.04 Å². The van der Waals surface area contributed by atoms with Crippen LogP contribution in [0.5, 0.6) is 0 Å². The molecule has 2 nitrogen and oxygen atoms in total. The van der Waals surface area contributed by atoms with Crippen LogP contribution in [0.15, 0.2) is 22.7 Å². The van der Waals surface area contributed by atoms with Crippen LogP contribution in [-0.4, -0.2) is 43.0 Å². The van der Waals surface area contributed by atoms with E-state index in [4.69, 9.17) is 0 Å². The quantitative estimate of drug-likeness (QED) is 0.786. The lowest BCUT2D eigenvalue weighted by Gasteiger charge is -2.40. The van der Waals surface area contributed by atoms with Crippen molar-refractivity contribution >= 4 is 15.9 Å². The lowest BCUT2D eigenvalue weighted by molar-refractivity contribution is 0.102. The average Bonchev–Trinajstić information content (AvgIpc) is 2.38. The molecule has 2 aliphatic rings. The van der Waals surface area contributed by atoms with Gasteiger partial charge in [-0.15, -0.1) is 0 Å². The highest BCUT2D eigenvalue weighted by molar-refractivity contribution is 9.10. The highest BCUT2D eigenvalue weighted by atomic mass is 79.9. The highest BCUT2D eigenvalue weighted by Crippen LogP contribution is 2.35. The van der Waals surface area contributed by atoms with Gasteiger partial charge in [0.25, 0.3) is 0 Å². The molecule has 0 amide bonds. The second kappa shape index (κ2) is 5.32. The van der Waals surface area contributed by atoms with Crippen LogP contribution in [0.2, 0.25) is 0 Å². The van der Waals surface area contributed by atoms with Crippen LogP contribution in [-0.2, 0) is 6.42 Å². The third kappa shape index (κ3) is 2.49. The third-order valence-electron chi connectivity index (χ3n) is 4.37. The average molecular weight is 309 g/mol. The molecule has 1 aliphatic carbocycles. The molecular weight excluding hydrogens is 288 g/mol. The number of rotatable bonds is 1. The molecule has 18 heavy (non-hydrogen) atoms. The van der Waals surface area contributed by atoms with Crippen LogP contribution in [0.25, 0.3) is 0 Å². The fourth-order valence-corrected chi connectivity index (χ4v) is 3.68. The summed E-state index contributed by atoms with van der Waals surface area (Å²) in [4.78, 5) is 5.12. The number of nitrogens with zero attached hydrogens (tertiary/aromatic N) is 2. The van der Waals surface area contributed by atoms with Crippen molar-refractivity contribution in [2.75, 3.05) is 33.2 Å². The summed E-state index contributed by atoms with van der Waals surface area (Å²) >= 11 is 3.59. The molecule has 1 aliphatic heterocycles. The molecule has 98 valence electrons. The van der Waals surface area contributed by atoms with Crippen molar-refractivity contribution in [1.29, 1.82) is 0 Å². The summed E-state index contributed by atoms with van der Waals surface area (Å²) in [5, 5.41) is 0. The first-order valence-corrected chi connectivity index (χ1v) is 7.74. The minimum absolute atomic E-state index is 0.663. The summed E-state index contributed by atoms with van der Waals surface area (Å²) in [5.74, 6) is 0. The van der Waals surface area contributed by atoms with E-state index in [1.807, 2.05) is 0 Å². The van der Waals surface area contributed by atoms with Crippen molar-refractivity contribution in [3.63, 3.8) is 0 Å². The first-order valence-electron chi connectivity index (χ1n) is 6.95. The van der Waals surface area contributed by atoms with E-state index < -0.39 is 0 Å². The molecular formula is C15H21BrN2. The van der Waals surface area contributed by atoms with Gasteiger partial charge >= 0.3 is 0 Å². The van der Waals surface area contributed by atoms with Crippen molar-refractivity contribution in [1.82, 2.24) is 9.80 Å². The minimum Gasteiger partial charge on any atom is -0.304 e. The predicted molar refractivity (Wildman–Crippen MR) is 78.9 cm³/mol. The van der Waals surface area contributed by atoms with Gasteiger partial charge in [0.05, 0.1) is 0 Å². The predicted octanol–water partition coefficient (Wildman–Crippen LogP) is 3.07. The van der Waals surface area contributed by atoms with Gasteiger partial charge in [0.15, 0.2) is 0 Å². The monoisotopic (exact) mass is 308 g/mol. The van der Waals surface area contributed by atoms with Gasteiger partial charge in [-0.1, -0.05) is 22.0 Å². The van der Waals surface area contributed by atoms with Gasteiger partial charge in [0.1, 0.15) is 0 Å². The number of likely N-dealkylation sites (N-methyl/N-ethyl adjacent to an activating group) is 1. The molecule has 0 spiro atoms. The van der Waals surface area contributed by atoms with Crippen molar-refractivity contribution in [2.45, 2.75) is 25.3 Å². The Morgan fingerprint density at radius 1 is 1.17 bits per heavy atom. The van der Waals surface area contributed by atoms with Crippen LogP contribution in [0.3, 0.4) is 0 Å². The molecule has 1 unspecified atom stereocenters. The van der Waals surface area contributed by atoms with E-state index in [1.165, 1.54) is 49.9 Å². The molecule has 1 aromatic rings. The second-order valence-electron chi connectivity index (χ2n) is 5.59. The van der Waals surface area contributed by atoms with Gasteiger partial charge in [0.2, 0.25) is 0 Å². The van der Waals surface area contributed by atoms with Crippen molar-refractivity contribution in [2.24, 2.45) is 0 Å². The van der Waals surface area contributed by atoms with Gasteiger partial charge in [-0.2, -0.15) is 0 Å². The maximum absolute atomic E-state index is 3.59. The Balaban J connectivity index is 1.82. The summed E-state index contributed by atoms with van der Waals surface area (Å²) in [6, 6.07) is 7.52. The van der Waals surface area contributed by atoms with Gasteiger partial charge in [-0.05, 0) is 49.6 Å². The van der Waals surface area contributed by atoms with Gasteiger partial charge < -0.3 is 4.90 Å². The first-order chi connectivity index (χ1) is 8.74. The van der Waals surface area contributed by atoms with E-state index in [0.717, 1.165) is 0 Å². The molecule has 0 N–H and O–H groups in total. The molecule has 3 rings (SSSR count). The number of piperazine rings is 1. The fourth-order valence-electron chi connectivity index (χ4n) is 3.27. The van der Waals surface area contributed by atoms with Gasteiger partial charge in [0, 0.05) is 36.7 Å². The Hall–Kier alpha value is -0.380. The van der Waals surface area contributed by atoms with Crippen LogP contribution in [0.1, 0.15) is 30.0 Å². The Kier molecular flexibility index (Phi) is 3.73. The largest absolute Gasteiger partial charge is 0.304 e. The lowest BCUT2D eigenvalue weighted by Crippen LogP contribution is -2.46. The molecule has 3 heteroatoms. The number of fused-ring (bicyclic) bond motifs is 1. The number of hydrogen-bond donors (Lipinski definition) is 0. The summed E-state index contributed by atoms with van der Waals surface area (Å²) in [6.07, 6.45) is 3.91. The number of aryl methyl sites for hydroxylation is 1. The van der Waals surface area contributed by atoms with E-state index in [1.54, 1.807) is 11.1 Å². The molecule has 1 saturated heterocycles. The van der Waals surface area contributed by atoms with Crippen LogP contribution in [0, 0.1) is 0 Å². The number of benzene rings is 1. The third-order valence-corrected chi connectivity index (χ3v) is 4.86. The molecule has 1 heterocycles. The summed E-state index contributed by atoms with van der Waals surface area (Å²) in [5.41, 5.74) is 3.13. The van der Waals surface area contributed by atoms with E-state index in [2.05, 4.69) is 51.0 Å². The standard InChI is InChI=1S/C15H21BrN2/c1-17-7-9-18(10-8-17)15-4-2-3-12-11-13(16)5-6-14(12)15/h5-6,11,15H,2-4,7-10H2,1H3. The summed E-state index contributed by atoms with van der Waals surface area (Å²) in [6.45, 7) is 4.86. The maximum Gasteiger partial charge on any atom is 0.0352 e. The fraction of sp³-hybridized carbons (Fsp3) is 0.600. The Morgan fingerprint density at radius 3 is 2.72 bits per heavy atom. The molecule has 0 radical (unpaired) electrons. The zero-order valence-electron chi connectivity index (χ0n) is 11.0. The van der Waals surface area contributed by atoms with E-state index in [9.17, 15) is 0 Å². The molecule has 1 aromatic carbocycles. The van der Waals surface area contributed by atoms with Crippen LogP contribution < -0.4 is 0 Å². The van der Waals surface area contributed by atoms with Crippen molar-refractivity contribution in [3.8, 4) is 0 Å². The molecule has 1 fully saturated rings. The second-order valence-corrected chi connectivity index (χ2v) is 6.51. The Bertz CT molecular complexity index is 425. The zero-order valence-corrected chi connectivity index (χ0v) is 12.6. The maximum atomic E-state index is 3.59. The molecule has 0 bridgehead atoms. The zero-order chi connectivity index (χ0) is 12.5. The van der Waals surface area contributed by atoms with Gasteiger partial charge in [-0.3, -0.25) is 4.90 Å². The first kappa shape index (κ1) is 12.6. The van der Waals surface area contributed by atoms with E-state index >= 15 is 0 Å². The van der Waals surface area contributed by atoms with Crippen molar-refractivity contribution in [3.05, 3.63) is 33.8 Å². The normalized spacial score (nSPS) is 26.0. The summed E-state index contributed by atoms with van der Waals surface area (Å²) in [7, 11) is 2.23.